The third kappa shape index (κ3) is 3.19. The molecule has 6 nitrogen and oxygen atoms in total. The maximum atomic E-state index is 12.4. The largest absolute Gasteiger partial charge is 0.465 e. The zero-order valence-electron chi connectivity index (χ0n) is 12.6. The second-order valence-corrected chi connectivity index (χ2v) is 5.00. The van der Waals surface area contributed by atoms with Crippen LogP contribution in [0, 0.1) is 0 Å². The van der Waals surface area contributed by atoms with E-state index in [9.17, 15) is 4.79 Å². The Bertz CT molecular complexity index is 452. The lowest BCUT2D eigenvalue weighted by Crippen LogP contribution is -2.47. The van der Waals surface area contributed by atoms with Crippen LogP contribution in [0.25, 0.3) is 0 Å². The molecule has 1 aliphatic rings. The van der Waals surface area contributed by atoms with Gasteiger partial charge in [0.15, 0.2) is 0 Å². The summed E-state index contributed by atoms with van der Waals surface area (Å²) >= 11 is 0. The van der Waals surface area contributed by atoms with Gasteiger partial charge in [0, 0.05) is 45.0 Å². The van der Waals surface area contributed by atoms with Crippen LogP contribution in [0.3, 0.4) is 0 Å². The minimum atomic E-state index is -0.333. The second kappa shape index (κ2) is 6.85. The lowest BCUT2D eigenvalue weighted by molar-refractivity contribution is -0.150. The number of nitrogens with zero attached hydrogens (tertiary/aromatic N) is 3. The van der Waals surface area contributed by atoms with Crippen LogP contribution < -0.4 is 5.32 Å². The van der Waals surface area contributed by atoms with E-state index in [0.717, 1.165) is 43.9 Å². The molecule has 1 saturated heterocycles. The maximum absolute atomic E-state index is 12.4. The number of ether oxygens (including phenoxy) is 1. The quantitative estimate of drug-likeness (QED) is 0.796. The van der Waals surface area contributed by atoms with Gasteiger partial charge in [0.2, 0.25) is 0 Å². The van der Waals surface area contributed by atoms with Crippen LogP contribution in [0.1, 0.15) is 31.1 Å². The molecule has 1 fully saturated rings. The van der Waals surface area contributed by atoms with Crippen LogP contribution in [0.2, 0.25) is 0 Å². The van der Waals surface area contributed by atoms with E-state index in [1.54, 1.807) is 4.68 Å². The number of nitrogens with one attached hydrogen (secondary N) is 1. The molecule has 0 amide bonds. The van der Waals surface area contributed by atoms with E-state index in [-0.39, 0.29) is 12.0 Å². The molecular weight excluding hydrogens is 256 g/mol. The van der Waals surface area contributed by atoms with E-state index in [1.165, 1.54) is 0 Å². The number of carbonyl (C=O) groups excluding carboxylic acids is 1. The first-order valence-electron chi connectivity index (χ1n) is 7.31. The van der Waals surface area contributed by atoms with Crippen molar-refractivity contribution in [3.8, 4) is 0 Å². The van der Waals surface area contributed by atoms with Crippen molar-refractivity contribution >= 4 is 5.97 Å². The molecule has 0 spiro atoms. The van der Waals surface area contributed by atoms with Gasteiger partial charge in [0.05, 0.1) is 12.3 Å². The molecule has 0 saturated carbocycles. The highest BCUT2D eigenvalue weighted by Crippen LogP contribution is 2.25. The smallest absolute Gasteiger partial charge is 0.328 e. The van der Waals surface area contributed by atoms with Crippen LogP contribution >= 0.6 is 0 Å². The van der Waals surface area contributed by atoms with Gasteiger partial charge >= 0.3 is 5.97 Å². The SMILES string of the molecule is CCOC(=O)C(c1cn(C)nc1CC)N1CCNCC1. The molecule has 1 aromatic rings. The summed E-state index contributed by atoms with van der Waals surface area (Å²) in [6.07, 6.45) is 2.76. The summed E-state index contributed by atoms with van der Waals surface area (Å²) in [7, 11) is 1.89. The highest BCUT2D eigenvalue weighted by atomic mass is 16.5. The van der Waals surface area contributed by atoms with Gasteiger partial charge in [-0.3, -0.25) is 9.58 Å². The summed E-state index contributed by atoms with van der Waals surface area (Å²) in [5.74, 6) is -0.169. The van der Waals surface area contributed by atoms with Crippen molar-refractivity contribution in [1.82, 2.24) is 20.0 Å². The summed E-state index contributed by atoms with van der Waals surface area (Å²) < 4.78 is 7.06. The van der Waals surface area contributed by atoms with Gasteiger partial charge in [-0.05, 0) is 13.3 Å². The van der Waals surface area contributed by atoms with Crippen molar-refractivity contribution in [1.29, 1.82) is 0 Å². The Balaban J connectivity index is 2.31. The third-order valence-electron chi connectivity index (χ3n) is 3.59. The molecule has 6 heteroatoms. The molecule has 1 unspecified atom stereocenters. The first kappa shape index (κ1) is 15.0. The van der Waals surface area contributed by atoms with Crippen LogP contribution in [-0.2, 0) is 23.0 Å². The fourth-order valence-corrected chi connectivity index (χ4v) is 2.69. The zero-order chi connectivity index (χ0) is 14.5. The number of carbonyl (C=O) groups is 1. The first-order valence-corrected chi connectivity index (χ1v) is 7.31. The molecule has 1 N–H and O–H groups in total. The number of aromatic nitrogens is 2. The van der Waals surface area contributed by atoms with Gasteiger partial charge in [-0.25, -0.2) is 4.79 Å². The molecule has 1 aliphatic heterocycles. The molecule has 0 radical (unpaired) electrons. The van der Waals surface area contributed by atoms with Crippen molar-refractivity contribution in [2.75, 3.05) is 32.8 Å². The summed E-state index contributed by atoms with van der Waals surface area (Å²) in [5, 5.41) is 7.77. The summed E-state index contributed by atoms with van der Waals surface area (Å²) in [4.78, 5) is 14.6. The average molecular weight is 280 g/mol. The number of esters is 1. The Morgan fingerprint density at radius 2 is 2.15 bits per heavy atom. The normalized spacial score (nSPS) is 17.9. The Labute approximate surface area is 120 Å². The summed E-state index contributed by atoms with van der Waals surface area (Å²) in [5.41, 5.74) is 1.96. The molecule has 1 atom stereocenters. The summed E-state index contributed by atoms with van der Waals surface area (Å²) in [6, 6.07) is -0.333. The molecular formula is C14H24N4O2. The third-order valence-corrected chi connectivity index (χ3v) is 3.59. The summed E-state index contributed by atoms with van der Waals surface area (Å²) in [6.45, 7) is 7.81. The van der Waals surface area contributed by atoms with Gasteiger partial charge in [-0.2, -0.15) is 5.10 Å². The average Bonchev–Trinajstić information content (AvgIpc) is 2.81. The van der Waals surface area contributed by atoms with Crippen molar-refractivity contribution in [2.45, 2.75) is 26.3 Å². The zero-order valence-corrected chi connectivity index (χ0v) is 12.6. The number of hydrogen-bond donors (Lipinski definition) is 1. The van der Waals surface area contributed by atoms with Gasteiger partial charge < -0.3 is 10.1 Å². The van der Waals surface area contributed by atoms with Crippen LogP contribution in [0.15, 0.2) is 6.20 Å². The second-order valence-electron chi connectivity index (χ2n) is 5.00. The molecule has 112 valence electrons. The molecule has 1 aromatic heterocycles. The molecule has 2 rings (SSSR count). The van der Waals surface area contributed by atoms with Gasteiger partial charge in [-0.15, -0.1) is 0 Å². The Hall–Kier alpha value is -1.40. The number of hydrogen-bond acceptors (Lipinski definition) is 5. The first-order chi connectivity index (χ1) is 9.67. The van der Waals surface area contributed by atoms with Crippen molar-refractivity contribution < 1.29 is 9.53 Å². The van der Waals surface area contributed by atoms with Crippen molar-refractivity contribution in [3.63, 3.8) is 0 Å². The monoisotopic (exact) mass is 280 g/mol. The molecule has 2 heterocycles. The van der Waals surface area contributed by atoms with Crippen molar-refractivity contribution in [3.05, 3.63) is 17.5 Å². The van der Waals surface area contributed by atoms with Crippen LogP contribution in [-0.4, -0.2) is 53.4 Å². The van der Waals surface area contributed by atoms with E-state index in [4.69, 9.17) is 4.74 Å². The number of piperazine rings is 1. The molecule has 20 heavy (non-hydrogen) atoms. The minimum Gasteiger partial charge on any atom is -0.465 e. The lowest BCUT2D eigenvalue weighted by atomic mass is 10.0. The van der Waals surface area contributed by atoms with E-state index < -0.39 is 0 Å². The standard InChI is InChI=1S/C14H24N4O2/c1-4-12-11(10-17(3)16-12)13(14(19)20-5-2)18-8-6-15-7-9-18/h10,13,15H,4-9H2,1-3H3. The highest BCUT2D eigenvalue weighted by molar-refractivity contribution is 5.78. The van der Waals surface area contributed by atoms with Crippen molar-refractivity contribution in [2.24, 2.45) is 7.05 Å². The Morgan fingerprint density at radius 3 is 2.75 bits per heavy atom. The van der Waals surface area contributed by atoms with E-state index in [2.05, 4.69) is 22.2 Å². The van der Waals surface area contributed by atoms with Crippen LogP contribution in [0.5, 0.6) is 0 Å². The van der Waals surface area contributed by atoms with E-state index >= 15 is 0 Å². The minimum absolute atomic E-state index is 0.169. The van der Waals surface area contributed by atoms with E-state index in [1.807, 2.05) is 20.2 Å². The predicted octanol–water partition coefficient (Wildman–Crippen LogP) is 0.492. The van der Waals surface area contributed by atoms with Gasteiger partial charge in [-0.1, -0.05) is 6.92 Å². The highest BCUT2D eigenvalue weighted by Gasteiger charge is 2.32. The topological polar surface area (TPSA) is 59.4 Å². The fourth-order valence-electron chi connectivity index (χ4n) is 2.69. The van der Waals surface area contributed by atoms with E-state index in [0.29, 0.717) is 6.61 Å². The van der Waals surface area contributed by atoms with Gasteiger partial charge in [0.25, 0.3) is 0 Å². The van der Waals surface area contributed by atoms with Gasteiger partial charge in [0.1, 0.15) is 6.04 Å². The molecule has 0 bridgehead atoms. The lowest BCUT2D eigenvalue weighted by Gasteiger charge is -2.33. The Morgan fingerprint density at radius 1 is 1.45 bits per heavy atom. The van der Waals surface area contributed by atoms with Crippen LogP contribution in [0.4, 0.5) is 0 Å². The fraction of sp³-hybridized carbons (Fsp3) is 0.714. The predicted molar refractivity (Wildman–Crippen MR) is 76.4 cm³/mol. The molecule has 0 aliphatic carbocycles. The maximum Gasteiger partial charge on any atom is 0.328 e. The Kier molecular flexibility index (Phi) is 5.14. The number of rotatable bonds is 5. The molecule has 0 aromatic carbocycles. The number of aryl methyl sites for hydroxylation is 2.